The third-order valence-electron chi connectivity index (χ3n) is 4.87. The van der Waals surface area contributed by atoms with Gasteiger partial charge < -0.3 is 10.6 Å². The van der Waals surface area contributed by atoms with Crippen molar-refractivity contribution in [3.05, 3.63) is 35.4 Å². The number of nitrogens with zero attached hydrogens (tertiary/aromatic N) is 1. The van der Waals surface area contributed by atoms with Gasteiger partial charge in [0.05, 0.1) is 6.04 Å². The Balaban J connectivity index is 1.47. The zero-order valence-electron chi connectivity index (χ0n) is 13.9. The van der Waals surface area contributed by atoms with E-state index in [-0.39, 0.29) is 11.9 Å². The summed E-state index contributed by atoms with van der Waals surface area (Å²) in [7, 11) is 0. The molecule has 1 aromatic carbocycles. The summed E-state index contributed by atoms with van der Waals surface area (Å²) >= 11 is 0. The van der Waals surface area contributed by atoms with Crippen molar-refractivity contribution < 1.29 is 13.6 Å². The second kappa shape index (κ2) is 8.03. The van der Waals surface area contributed by atoms with Crippen LogP contribution in [0.3, 0.4) is 0 Å². The van der Waals surface area contributed by atoms with E-state index < -0.39 is 11.6 Å². The summed E-state index contributed by atoms with van der Waals surface area (Å²) in [5, 5.41) is 6.25. The summed E-state index contributed by atoms with van der Waals surface area (Å²) in [6.07, 6.45) is 4.08. The Morgan fingerprint density at radius 2 is 2.00 bits per heavy atom. The minimum atomic E-state index is -0.533. The fourth-order valence-corrected chi connectivity index (χ4v) is 3.70. The Kier molecular flexibility index (Phi) is 5.79. The number of piperidine rings is 1. The number of carbonyl (C=O) groups is 1. The summed E-state index contributed by atoms with van der Waals surface area (Å²) in [6.45, 7) is 3.90. The molecule has 2 saturated heterocycles. The number of rotatable bonds is 5. The predicted octanol–water partition coefficient (Wildman–Crippen LogP) is 2.04. The average Bonchev–Trinajstić information content (AvgIpc) is 3.06. The maximum Gasteiger partial charge on any atom is 0.237 e. The van der Waals surface area contributed by atoms with Gasteiger partial charge in [-0.3, -0.25) is 9.69 Å². The van der Waals surface area contributed by atoms with Gasteiger partial charge in [-0.2, -0.15) is 0 Å². The van der Waals surface area contributed by atoms with Crippen LogP contribution in [0, 0.1) is 17.6 Å². The highest BCUT2D eigenvalue weighted by atomic mass is 19.1. The van der Waals surface area contributed by atoms with Crippen LogP contribution < -0.4 is 10.6 Å². The first-order valence-corrected chi connectivity index (χ1v) is 8.78. The third kappa shape index (κ3) is 4.74. The van der Waals surface area contributed by atoms with Crippen molar-refractivity contribution in [1.29, 1.82) is 0 Å². The smallest absolute Gasteiger partial charge is 0.237 e. The first kappa shape index (κ1) is 17.3. The van der Waals surface area contributed by atoms with Gasteiger partial charge in [-0.25, -0.2) is 8.78 Å². The van der Waals surface area contributed by atoms with Gasteiger partial charge in [0.1, 0.15) is 11.6 Å². The number of likely N-dealkylation sites (tertiary alicyclic amines) is 1. The van der Waals surface area contributed by atoms with E-state index in [2.05, 4.69) is 15.5 Å². The second-order valence-electron chi connectivity index (χ2n) is 6.92. The molecule has 2 heterocycles. The van der Waals surface area contributed by atoms with Gasteiger partial charge in [-0.05, 0) is 62.4 Å². The lowest BCUT2D eigenvalue weighted by atomic mass is 9.97. The molecule has 1 aromatic rings. The quantitative estimate of drug-likeness (QED) is 0.864. The van der Waals surface area contributed by atoms with Crippen LogP contribution in [0.25, 0.3) is 0 Å². The van der Waals surface area contributed by atoms with Crippen LogP contribution in [0.1, 0.15) is 31.2 Å². The number of hydrogen-bond acceptors (Lipinski definition) is 3. The van der Waals surface area contributed by atoms with E-state index in [4.69, 9.17) is 0 Å². The largest absolute Gasteiger partial charge is 0.354 e. The van der Waals surface area contributed by atoms with E-state index in [0.29, 0.717) is 24.6 Å². The SMILES string of the molecule is O=C(NCC1CCCN(Cc2cc(F)cc(F)c2)C1)C1CCCN1. The number of benzene rings is 1. The summed E-state index contributed by atoms with van der Waals surface area (Å²) in [4.78, 5) is 14.3. The van der Waals surface area contributed by atoms with E-state index in [0.717, 1.165) is 51.4 Å². The molecule has 24 heavy (non-hydrogen) atoms. The van der Waals surface area contributed by atoms with Gasteiger partial charge in [0.2, 0.25) is 5.91 Å². The zero-order valence-corrected chi connectivity index (χ0v) is 13.9. The molecular formula is C18H25F2N3O. The lowest BCUT2D eigenvalue weighted by Crippen LogP contribution is -2.45. The van der Waals surface area contributed by atoms with Crippen molar-refractivity contribution in [3.63, 3.8) is 0 Å². The molecule has 3 rings (SSSR count). The second-order valence-corrected chi connectivity index (χ2v) is 6.92. The van der Waals surface area contributed by atoms with Crippen molar-refractivity contribution in [1.82, 2.24) is 15.5 Å². The molecule has 1 amide bonds. The molecule has 0 aliphatic carbocycles. The Bertz CT molecular complexity index is 555. The summed E-state index contributed by atoms with van der Waals surface area (Å²) in [5.41, 5.74) is 0.660. The predicted molar refractivity (Wildman–Crippen MR) is 88.4 cm³/mol. The lowest BCUT2D eigenvalue weighted by Gasteiger charge is -2.33. The molecule has 2 atom stereocenters. The first-order valence-electron chi connectivity index (χ1n) is 8.78. The fourth-order valence-electron chi connectivity index (χ4n) is 3.70. The Morgan fingerprint density at radius 3 is 2.71 bits per heavy atom. The topological polar surface area (TPSA) is 44.4 Å². The molecule has 6 heteroatoms. The van der Waals surface area contributed by atoms with Gasteiger partial charge >= 0.3 is 0 Å². The highest BCUT2D eigenvalue weighted by Crippen LogP contribution is 2.19. The van der Waals surface area contributed by atoms with E-state index in [1.165, 1.54) is 12.1 Å². The Morgan fingerprint density at radius 1 is 1.21 bits per heavy atom. The van der Waals surface area contributed by atoms with Crippen molar-refractivity contribution in [2.75, 3.05) is 26.2 Å². The average molecular weight is 337 g/mol. The van der Waals surface area contributed by atoms with Gasteiger partial charge in [-0.1, -0.05) is 0 Å². The molecule has 2 aliphatic rings. The standard InChI is InChI=1S/C18H25F2N3O/c19-15-7-14(8-16(20)9-15)12-23-6-2-3-13(11-23)10-22-18(24)17-4-1-5-21-17/h7-9,13,17,21H,1-6,10-12H2,(H,22,24). The minimum absolute atomic E-state index is 0.0417. The van der Waals surface area contributed by atoms with E-state index in [1.807, 2.05) is 0 Å². The van der Waals surface area contributed by atoms with Crippen LogP contribution in [0.15, 0.2) is 18.2 Å². The molecule has 2 N–H and O–H groups in total. The number of halogens is 2. The lowest BCUT2D eigenvalue weighted by molar-refractivity contribution is -0.123. The summed E-state index contributed by atoms with van der Waals surface area (Å²) < 4.78 is 26.6. The highest BCUT2D eigenvalue weighted by molar-refractivity contribution is 5.81. The molecule has 4 nitrogen and oxygen atoms in total. The van der Waals surface area contributed by atoms with Crippen LogP contribution in [-0.2, 0) is 11.3 Å². The monoisotopic (exact) mass is 337 g/mol. The Labute approximate surface area is 141 Å². The maximum atomic E-state index is 13.3. The van der Waals surface area contributed by atoms with Crippen LogP contribution >= 0.6 is 0 Å². The van der Waals surface area contributed by atoms with E-state index >= 15 is 0 Å². The third-order valence-corrected chi connectivity index (χ3v) is 4.87. The normalized spacial score (nSPS) is 24.9. The van der Waals surface area contributed by atoms with Crippen molar-refractivity contribution in [3.8, 4) is 0 Å². The summed E-state index contributed by atoms with van der Waals surface area (Å²) in [6, 6.07) is 3.63. The van der Waals surface area contributed by atoms with Crippen LogP contribution in [-0.4, -0.2) is 43.0 Å². The summed E-state index contributed by atoms with van der Waals surface area (Å²) in [5.74, 6) is -0.580. The van der Waals surface area contributed by atoms with Gasteiger partial charge in [-0.15, -0.1) is 0 Å². The fraction of sp³-hybridized carbons (Fsp3) is 0.611. The molecule has 0 bridgehead atoms. The van der Waals surface area contributed by atoms with Crippen molar-refractivity contribution in [2.24, 2.45) is 5.92 Å². The minimum Gasteiger partial charge on any atom is -0.354 e. The first-order chi connectivity index (χ1) is 11.6. The highest BCUT2D eigenvalue weighted by Gasteiger charge is 2.24. The number of carbonyl (C=O) groups excluding carboxylic acids is 1. The van der Waals surface area contributed by atoms with Gasteiger partial charge in [0.15, 0.2) is 0 Å². The number of amides is 1. The van der Waals surface area contributed by atoms with Crippen LogP contribution in [0.4, 0.5) is 8.78 Å². The molecule has 132 valence electrons. The molecule has 2 unspecified atom stereocenters. The number of hydrogen-bond donors (Lipinski definition) is 2. The molecule has 0 saturated carbocycles. The van der Waals surface area contributed by atoms with Crippen molar-refractivity contribution in [2.45, 2.75) is 38.3 Å². The van der Waals surface area contributed by atoms with Gasteiger partial charge in [0.25, 0.3) is 0 Å². The zero-order chi connectivity index (χ0) is 16.9. The molecular weight excluding hydrogens is 312 g/mol. The van der Waals surface area contributed by atoms with E-state index in [9.17, 15) is 13.6 Å². The van der Waals surface area contributed by atoms with Crippen LogP contribution in [0.2, 0.25) is 0 Å². The molecule has 0 spiro atoms. The maximum absolute atomic E-state index is 13.3. The molecule has 0 aromatic heterocycles. The van der Waals surface area contributed by atoms with Crippen molar-refractivity contribution >= 4 is 5.91 Å². The van der Waals surface area contributed by atoms with E-state index in [1.54, 1.807) is 0 Å². The Hall–Kier alpha value is -1.53. The number of nitrogens with one attached hydrogen (secondary N) is 2. The molecule has 2 fully saturated rings. The van der Waals surface area contributed by atoms with Gasteiger partial charge in [0, 0.05) is 25.7 Å². The molecule has 0 radical (unpaired) electrons. The molecule has 2 aliphatic heterocycles. The van der Waals surface area contributed by atoms with Crippen LogP contribution in [0.5, 0.6) is 0 Å².